The molecule has 0 saturated carbocycles. The Labute approximate surface area is 197 Å². The molecule has 3 aromatic carbocycles. The molecule has 0 aromatic heterocycles. The maximum absolute atomic E-state index is 13.4. The van der Waals surface area contributed by atoms with E-state index in [0.717, 1.165) is 5.56 Å². The highest BCUT2D eigenvalue weighted by atomic mass is 35.5. The molecule has 0 aliphatic heterocycles. The molecule has 0 radical (unpaired) electrons. The Morgan fingerprint density at radius 1 is 0.970 bits per heavy atom. The first-order valence-corrected chi connectivity index (χ1v) is 12.0. The average Bonchev–Trinajstić information content (AvgIpc) is 2.80. The van der Waals surface area contributed by atoms with E-state index in [0.29, 0.717) is 16.1 Å². The first kappa shape index (κ1) is 24.5. The number of hydrogen-bond acceptors (Lipinski definition) is 5. The van der Waals surface area contributed by atoms with Crippen molar-refractivity contribution in [1.29, 1.82) is 0 Å². The highest BCUT2D eigenvalue weighted by Crippen LogP contribution is 2.30. The van der Waals surface area contributed by atoms with E-state index in [4.69, 9.17) is 20.5 Å². The van der Waals surface area contributed by atoms with Crippen LogP contribution in [0.15, 0.2) is 66.7 Å². The summed E-state index contributed by atoms with van der Waals surface area (Å²) in [5.74, 6) is -0.634. The lowest BCUT2D eigenvalue weighted by Gasteiger charge is -2.24. The Morgan fingerprint density at radius 3 is 2.24 bits per heavy atom. The first-order valence-electron chi connectivity index (χ1n) is 10.1. The number of carbonyl (C=O) groups is 1. The van der Waals surface area contributed by atoms with Gasteiger partial charge >= 0.3 is 10.1 Å². The molecular weight excluding hydrogens is 469 g/mol. The standard InChI is InChI=1S/C24H23ClFNO5S/c1-3-33(29,30)32-23-14-18(10-13-22(23)31-2)16-27(15-17-8-11-19(26)12-9-17)24(28)20-6-4-5-7-21(20)25/h4-14H,3,15-16H2,1-2H3. The van der Waals surface area contributed by atoms with E-state index >= 15 is 0 Å². The second-order valence-corrected chi connectivity index (χ2v) is 9.45. The quantitative estimate of drug-likeness (QED) is 0.391. The van der Waals surface area contributed by atoms with Crippen LogP contribution in [-0.2, 0) is 23.2 Å². The minimum absolute atomic E-state index is 0.0313. The molecule has 0 aliphatic carbocycles. The van der Waals surface area contributed by atoms with Gasteiger partial charge in [0.15, 0.2) is 11.5 Å². The van der Waals surface area contributed by atoms with Crippen molar-refractivity contribution in [3.8, 4) is 11.5 Å². The van der Waals surface area contributed by atoms with Crippen LogP contribution in [0.3, 0.4) is 0 Å². The van der Waals surface area contributed by atoms with Crippen LogP contribution in [0.4, 0.5) is 4.39 Å². The third kappa shape index (κ3) is 6.46. The molecule has 3 aromatic rings. The Balaban J connectivity index is 1.96. The molecule has 3 rings (SSSR count). The molecule has 0 bridgehead atoms. The second-order valence-electron chi connectivity index (χ2n) is 7.18. The Kier molecular flexibility index (Phi) is 7.94. The van der Waals surface area contributed by atoms with Gasteiger partial charge in [-0.1, -0.05) is 41.9 Å². The predicted molar refractivity (Wildman–Crippen MR) is 125 cm³/mol. The van der Waals surface area contributed by atoms with Crippen molar-refractivity contribution >= 4 is 27.6 Å². The fourth-order valence-electron chi connectivity index (χ4n) is 3.12. The van der Waals surface area contributed by atoms with Gasteiger partial charge in [0.2, 0.25) is 0 Å². The van der Waals surface area contributed by atoms with Crippen molar-refractivity contribution in [3.63, 3.8) is 0 Å². The molecule has 0 aliphatic rings. The van der Waals surface area contributed by atoms with Gasteiger partial charge in [-0.2, -0.15) is 8.42 Å². The number of rotatable bonds is 9. The second kappa shape index (κ2) is 10.7. The Morgan fingerprint density at radius 2 is 1.61 bits per heavy atom. The smallest absolute Gasteiger partial charge is 0.309 e. The normalized spacial score (nSPS) is 11.2. The monoisotopic (exact) mass is 491 g/mol. The zero-order valence-corrected chi connectivity index (χ0v) is 19.7. The lowest BCUT2D eigenvalue weighted by Crippen LogP contribution is -2.30. The van der Waals surface area contributed by atoms with Gasteiger partial charge in [0, 0.05) is 13.1 Å². The number of carbonyl (C=O) groups excluding carboxylic acids is 1. The van der Waals surface area contributed by atoms with Crippen LogP contribution < -0.4 is 8.92 Å². The predicted octanol–water partition coefficient (Wildman–Crippen LogP) is 5.06. The molecule has 1 amide bonds. The first-order chi connectivity index (χ1) is 15.7. The molecule has 0 atom stereocenters. The summed E-state index contributed by atoms with van der Waals surface area (Å²) in [7, 11) is -2.38. The van der Waals surface area contributed by atoms with Crippen LogP contribution in [0.25, 0.3) is 0 Å². The van der Waals surface area contributed by atoms with E-state index in [1.54, 1.807) is 48.5 Å². The summed E-state index contributed by atoms with van der Waals surface area (Å²) in [6.07, 6.45) is 0. The number of halogens is 2. The summed E-state index contributed by atoms with van der Waals surface area (Å²) >= 11 is 6.24. The lowest BCUT2D eigenvalue weighted by atomic mass is 10.1. The van der Waals surface area contributed by atoms with Gasteiger partial charge < -0.3 is 13.8 Å². The molecule has 0 spiro atoms. The van der Waals surface area contributed by atoms with E-state index in [2.05, 4.69) is 0 Å². The molecule has 0 saturated heterocycles. The third-order valence-electron chi connectivity index (χ3n) is 4.85. The zero-order chi connectivity index (χ0) is 24.0. The molecule has 0 fully saturated rings. The van der Waals surface area contributed by atoms with Crippen molar-refractivity contribution in [3.05, 3.63) is 94.3 Å². The fourth-order valence-corrected chi connectivity index (χ4v) is 3.85. The van der Waals surface area contributed by atoms with Crippen molar-refractivity contribution < 1.29 is 26.5 Å². The summed E-state index contributed by atoms with van der Waals surface area (Å²) in [5.41, 5.74) is 1.65. The number of hydrogen-bond donors (Lipinski definition) is 0. The van der Waals surface area contributed by atoms with Crippen LogP contribution in [0.5, 0.6) is 11.5 Å². The van der Waals surface area contributed by atoms with Crippen molar-refractivity contribution in [1.82, 2.24) is 4.90 Å². The fraction of sp³-hybridized carbons (Fsp3) is 0.208. The van der Waals surface area contributed by atoms with Crippen LogP contribution in [0.2, 0.25) is 5.02 Å². The summed E-state index contributed by atoms with van der Waals surface area (Å²) in [5, 5.41) is 0.305. The minimum Gasteiger partial charge on any atom is -0.493 e. The minimum atomic E-state index is -3.78. The van der Waals surface area contributed by atoms with Crippen molar-refractivity contribution in [2.45, 2.75) is 20.0 Å². The van der Waals surface area contributed by atoms with Gasteiger partial charge in [-0.3, -0.25) is 4.79 Å². The van der Waals surface area contributed by atoms with E-state index in [-0.39, 0.29) is 42.1 Å². The highest BCUT2D eigenvalue weighted by molar-refractivity contribution is 7.87. The molecule has 0 N–H and O–H groups in total. The largest absolute Gasteiger partial charge is 0.493 e. The third-order valence-corrected chi connectivity index (χ3v) is 6.32. The molecule has 9 heteroatoms. The van der Waals surface area contributed by atoms with Gasteiger partial charge in [0.1, 0.15) is 5.82 Å². The van der Waals surface area contributed by atoms with Crippen molar-refractivity contribution in [2.75, 3.05) is 12.9 Å². The van der Waals surface area contributed by atoms with Gasteiger partial charge in [-0.05, 0) is 54.4 Å². The summed E-state index contributed by atoms with van der Waals surface area (Å²) < 4.78 is 47.7. The molecule has 0 heterocycles. The van der Waals surface area contributed by atoms with Crippen LogP contribution in [0.1, 0.15) is 28.4 Å². The molecule has 33 heavy (non-hydrogen) atoms. The summed E-state index contributed by atoms with van der Waals surface area (Å²) in [6.45, 7) is 1.77. The van der Waals surface area contributed by atoms with Crippen LogP contribution >= 0.6 is 11.6 Å². The van der Waals surface area contributed by atoms with Crippen LogP contribution in [-0.4, -0.2) is 32.1 Å². The molecule has 174 valence electrons. The topological polar surface area (TPSA) is 72.9 Å². The maximum atomic E-state index is 13.4. The average molecular weight is 492 g/mol. The Hall–Kier alpha value is -3.10. The van der Waals surface area contributed by atoms with Gasteiger partial charge in [-0.15, -0.1) is 0 Å². The van der Waals surface area contributed by atoms with Gasteiger partial charge in [0.25, 0.3) is 5.91 Å². The van der Waals surface area contributed by atoms with Gasteiger partial charge in [0.05, 0.1) is 23.4 Å². The summed E-state index contributed by atoms with van der Waals surface area (Å²) in [4.78, 5) is 14.9. The molecular formula is C24H23ClFNO5S. The SMILES string of the molecule is CCS(=O)(=O)Oc1cc(CN(Cc2ccc(F)cc2)C(=O)c2ccccc2Cl)ccc1OC. The van der Waals surface area contributed by atoms with E-state index < -0.39 is 10.1 Å². The number of benzene rings is 3. The highest BCUT2D eigenvalue weighted by Gasteiger charge is 2.21. The van der Waals surface area contributed by atoms with Gasteiger partial charge in [-0.25, -0.2) is 4.39 Å². The van der Waals surface area contributed by atoms with Crippen LogP contribution in [0, 0.1) is 5.82 Å². The maximum Gasteiger partial charge on any atom is 0.309 e. The number of methoxy groups -OCH3 is 1. The number of nitrogens with zero attached hydrogens (tertiary/aromatic N) is 1. The van der Waals surface area contributed by atoms with E-state index in [9.17, 15) is 17.6 Å². The van der Waals surface area contributed by atoms with Crippen molar-refractivity contribution in [2.24, 2.45) is 0 Å². The lowest BCUT2D eigenvalue weighted by molar-refractivity contribution is 0.0730. The Bertz CT molecular complexity index is 1230. The zero-order valence-electron chi connectivity index (χ0n) is 18.1. The summed E-state index contributed by atoms with van der Waals surface area (Å²) in [6, 6.07) is 17.3. The molecule has 6 nitrogen and oxygen atoms in total. The van der Waals surface area contributed by atoms with E-state index in [1.807, 2.05) is 0 Å². The number of amides is 1. The molecule has 0 unspecified atom stereocenters. The number of ether oxygens (including phenoxy) is 1. The van der Waals surface area contributed by atoms with E-state index in [1.165, 1.54) is 37.1 Å².